The molecule has 6 heteroatoms. The Bertz CT molecular complexity index is 265. The second-order valence-corrected chi connectivity index (χ2v) is 6.21. The van der Waals surface area contributed by atoms with Crippen molar-refractivity contribution in [2.75, 3.05) is 40.0 Å². The fourth-order valence-electron chi connectivity index (χ4n) is 1.30. The average Bonchev–Trinajstić information content (AvgIpc) is 2.01. The summed E-state index contributed by atoms with van der Waals surface area (Å²) in [5.74, 6) is 0.137. The van der Waals surface area contributed by atoms with Gasteiger partial charge >= 0.3 is 0 Å². The van der Waals surface area contributed by atoms with Crippen molar-refractivity contribution in [2.45, 2.75) is 19.4 Å². The van der Waals surface area contributed by atoms with Crippen LogP contribution in [-0.4, -0.2) is 68.8 Å². The van der Waals surface area contributed by atoms with Gasteiger partial charge in [0.2, 0.25) is 10.0 Å². The predicted molar refractivity (Wildman–Crippen MR) is 61.3 cm³/mol. The Morgan fingerprint density at radius 2 is 1.73 bits per heavy atom. The van der Waals surface area contributed by atoms with E-state index in [1.165, 1.54) is 11.4 Å². The Morgan fingerprint density at radius 1 is 1.20 bits per heavy atom. The lowest BCUT2D eigenvalue weighted by Gasteiger charge is -2.22. The fraction of sp³-hybridized carbons (Fsp3) is 1.00. The van der Waals surface area contributed by atoms with E-state index < -0.39 is 16.1 Å². The van der Waals surface area contributed by atoms with Gasteiger partial charge in [0.05, 0.1) is 11.9 Å². The van der Waals surface area contributed by atoms with Gasteiger partial charge in [-0.3, -0.25) is 0 Å². The van der Waals surface area contributed by atoms with Crippen molar-refractivity contribution in [2.24, 2.45) is 0 Å². The normalized spacial score (nSPS) is 14.9. The number of aliphatic hydroxyl groups is 1. The van der Waals surface area contributed by atoms with E-state index in [-0.39, 0.29) is 12.3 Å². The minimum atomic E-state index is -3.19. The van der Waals surface area contributed by atoms with Gasteiger partial charge in [0.1, 0.15) is 0 Å². The van der Waals surface area contributed by atoms with Gasteiger partial charge in [-0.05, 0) is 20.5 Å². The van der Waals surface area contributed by atoms with E-state index in [0.717, 1.165) is 0 Å². The monoisotopic (exact) mass is 238 g/mol. The summed E-state index contributed by atoms with van der Waals surface area (Å²) in [6.07, 6.45) is -0.0483. The van der Waals surface area contributed by atoms with Gasteiger partial charge in [-0.2, -0.15) is 0 Å². The molecule has 0 aromatic carbocycles. The molecule has 0 heterocycles. The van der Waals surface area contributed by atoms with Crippen molar-refractivity contribution in [3.05, 3.63) is 0 Å². The smallest absolute Gasteiger partial charge is 0.213 e. The molecule has 0 saturated carbocycles. The van der Waals surface area contributed by atoms with Crippen molar-refractivity contribution in [1.82, 2.24) is 9.21 Å². The number of hydrogen-bond donors (Lipinski definition) is 1. The largest absolute Gasteiger partial charge is 0.390 e. The van der Waals surface area contributed by atoms with E-state index in [2.05, 4.69) is 0 Å². The molecule has 0 aliphatic heterocycles. The second-order valence-electron chi connectivity index (χ2n) is 4.01. The molecule has 0 rings (SSSR count). The summed E-state index contributed by atoms with van der Waals surface area (Å²) < 4.78 is 24.3. The second kappa shape index (κ2) is 6.42. The minimum absolute atomic E-state index is 0.137. The van der Waals surface area contributed by atoms with Crippen molar-refractivity contribution >= 4 is 10.0 Å². The molecule has 0 aromatic rings. The maximum Gasteiger partial charge on any atom is 0.213 e. The lowest BCUT2D eigenvalue weighted by Crippen LogP contribution is -2.39. The zero-order chi connectivity index (χ0) is 12.1. The van der Waals surface area contributed by atoms with E-state index in [4.69, 9.17) is 0 Å². The number of sulfonamides is 1. The van der Waals surface area contributed by atoms with Crippen LogP contribution in [0.2, 0.25) is 0 Å². The molecule has 0 aliphatic rings. The molecule has 0 saturated heterocycles. The molecule has 1 N–H and O–H groups in total. The van der Waals surface area contributed by atoms with Gasteiger partial charge in [0.25, 0.3) is 0 Å². The fourth-order valence-corrected chi connectivity index (χ4v) is 2.53. The van der Waals surface area contributed by atoms with E-state index in [0.29, 0.717) is 13.0 Å². The van der Waals surface area contributed by atoms with E-state index in [1.54, 1.807) is 0 Å². The van der Waals surface area contributed by atoms with Gasteiger partial charge in [-0.1, -0.05) is 6.92 Å². The van der Waals surface area contributed by atoms with Crippen LogP contribution in [0.15, 0.2) is 0 Å². The average molecular weight is 238 g/mol. The molecule has 15 heavy (non-hydrogen) atoms. The van der Waals surface area contributed by atoms with Gasteiger partial charge in [0.15, 0.2) is 0 Å². The Balaban J connectivity index is 4.18. The van der Waals surface area contributed by atoms with E-state index >= 15 is 0 Å². The topological polar surface area (TPSA) is 60.9 Å². The third kappa shape index (κ3) is 6.09. The van der Waals surface area contributed by atoms with E-state index in [1.807, 2.05) is 25.9 Å². The molecule has 0 radical (unpaired) electrons. The van der Waals surface area contributed by atoms with Gasteiger partial charge in [-0.25, -0.2) is 12.7 Å². The molecule has 0 unspecified atom stereocenters. The van der Waals surface area contributed by atoms with Crippen LogP contribution in [0.4, 0.5) is 0 Å². The highest BCUT2D eigenvalue weighted by atomic mass is 32.2. The molecule has 5 nitrogen and oxygen atoms in total. The first kappa shape index (κ1) is 14.8. The predicted octanol–water partition coefficient (Wildman–Crippen LogP) is -0.419. The first-order chi connectivity index (χ1) is 6.79. The van der Waals surface area contributed by atoms with Crippen molar-refractivity contribution < 1.29 is 13.5 Å². The highest BCUT2D eigenvalue weighted by Crippen LogP contribution is 2.02. The number of rotatable bonds is 7. The molecule has 0 bridgehead atoms. The van der Waals surface area contributed by atoms with Gasteiger partial charge in [-0.15, -0.1) is 0 Å². The van der Waals surface area contributed by atoms with Crippen LogP contribution < -0.4 is 0 Å². The van der Waals surface area contributed by atoms with Crippen LogP contribution in [0.3, 0.4) is 0 Å². The standard InChI is InChI=1S/C9H22N2O3S/c1-5-6-15(13,14)11(4)8-9(12)7-10(2)3/h9,12H,5-8H2,1-4H3/t9-/m1/s1. The summed E-state index contributed by atoms with van der Waals surface area (Å²) in [5, 5.41) is 9.57. The summed E-state index contributed by atoms with van der Waals surface area (Å²) >= 11 is 0. The highest BCUT2D eigenvalue weighted by Gasteiger charge is 2.19. The zero-order valence-electron chi connectivity index (χ0n) is 9.97. The van der Waals surface area contributed by atoms with Gasteiger partial charge < -0.3 is 10.0 Å². The van der Waals surface area contributed by atoms with Crippen LogP contribution in [-0.2, 0) is 10.0 Å². The van der Waals surface area contributed by atoms with Gasteiger partial charge in [0, 0.05) is 20.1 Å². The number of likely N-dealkylation sites (N-methyl/N-ethyl adjacent to an activating group) is 2. The Kier molecular flexibility index (Phi) is 6.35. The van der Waals surface area contributed by atoms with Crippen LogP contribution in [0.25, 0.3) is 0 Å². The lowest BCUT2D eigenvalue weighted by atomic mass is 10.3. The van der Waals surface area contributed by atoms with Crippen LogP contribution in [0.1, 0.15) is 13.3 Å². The van der Waals surface area contributed by atoms with Crippen molar-refractivity contribution in [1.29, 1.82) is 0 Å². The highest BCUT2D eigenvalue weighted by molar-refractivity contribution is 7.89. The maximum atomic E-state index is 11.6. The Hall–Kier alpha value is -0.170. The molecule has 0 amide bonds. The zero-order valence-corrected chi connectivity index (χ0v) is 10.8. The molecule has 0 aromatic heterocycles. The van der Waals surface area contributed by atoms with Crippen LogP contribution in [0.5, 0.6) is 0 Å². The first-order valence-corrected chi connectivity index (χ1v) is 6.67. The van der Waals surface area contributed by atoms with Crippen molar-refractivity contribution in [3.8, 4) is 0 Å². The number of aliphatic hydroxyl groups excluding tert-OH is 1. The number of hydrogen-bond acceptors (Lipinski definition) is 4. The molecular formula is C9H22N2O3S. The van der Waals surface area contributed by atoms with Crippen LogP contribution >= 0.6 is 0 Å². The maximum absolute atomic E-state index is 11.6. The van der Waals surface area contributed by atoms with Crippen molar-refractivity contribution in [3.63, 3.8) is 0 Å². The van der Waals surface area contributed by atoms with E-state index in [9.17, 15) is 13.5 Å². The molecule has 1 atom stereocenters. The first-order valence-electron chi connectivity index (χ1n) is 5.06. The molecule has 92 valence electrons. The Labute approximate surface area is 92.7 Å². The summed E-state index contributed by atoms with van der Waals surface area (Å²) in [6, 6.07) is 0. The molecule has 0 spiro atoms. The summed E-state index contributed by atoms with van der Waals surface area (Å²) in [7, 11) is 1.99. The number of nitrogens with zero attached hydrogens (tertiary/aromatic N) is 2. The summed E-state index contributed by atoms with van der Waals surface area (Å²) in [6.45, 7) is 2.44. The molecule has 0 aliphatic carbocycles. The molecular weight excluding hydrogens is 216 g/mol. The van der Waals surface area contributed by atoms with Crippen LogP contribution in [0, 0.1) is 0 Å². The molecule has 0 fully saturated rings. The third-order valence-corrected chi connectivity index (χ3v) is 4.00. The third-order valence-electron chi connectivity index (χ3n) is 1.98. The SMILES string of the molecule is CCCS(=O)(=O)N(C)C[C@H](O)CN(C)C. The summed E-state index contributed by atoms with van der Waals surface area (Å²) in [5.41, 5.74) is 0. The lowest BCUT2D eigenvalue weighted by molar-refractivity contribution is 0.120. The summed E-state index contributed by atoms with van der Waals surface area (Å²) in [4.78, 5) is 1.82. The minimum Gasteiger partial charge on any atom is -0.390 e. The quantitative estimate of drug-likeness (QED) is 0.654. The Morgan fingerprint density at radius 3 is 2.13 bits per heavy atom.